The molecule has 0 aliphatic rings. The molecule has 2 rings (SSSR count). The van der Waals surface area contributed by atoms with Gasteiger partial charge in [0.2, 0.25) is 11.6 Å². The largest absolute Gasteiger partial charge is 0.285 e. The molecule has 0 amide bonds. The smallest absolute Gasteiger partial charge is 0.233 e. The number of benzene rings is 2. The fourth-order valence-corrected chi connectivity index (χ4v) is 2.29. The first-order valence-corrected chi connectivity index (χ1v) is 6.65. The van der Waals surface area contributed by atoms with Crippen molar-refractivity contribution >= 4 is 11.6 Å². The lowest BCUT2D eigenvalue weighted by Crippen LogP contribution is -2.16. The van der Waals surface area contributed by atoms with E-state index >= 15 is 0 Å². The van der Waals surface area contributed by atoms with Gasteiger partial charge in [0.15, 0.2) is 0 Å². The molecule has 102 valence electrons. The highest BCUT2D eigenvalue weighted by Crippen LogP contribution is 2.22. The van der Waals surface area contributed by atoms with Crippen molar-refractivity contribution in [1.82, 2.24) is 0 Å². The Labute approximate surface area is 119 Å². The molecule has 2 aromatic rings. The number of hydrogen-bond donors (Lipinski definition) is 0. The maximum Gasteiger partial charge on any atom is 0.233 e. The summed E-state index contributed by atoms with van der Waals surface area (Å²) in [7, 11) is 0. The first kappa shape index (κ1) is 14.2. The fraction of sp³-hybridized carbons (Fsp3) is 0.222. The van der Waals surface area contributed by atoms with Gasteiger partial charge in [-0.2, -0.15) is 0 Å². The molecule has 0 saturated heterocycles. The second-order valence-corrected chi connectivity index (χ2v) is 5.14. The Balaban J connectivity index is 2.48. The van der Waals surface area contributed by atoms with E-state index in [0.29, 0.717) is 11.1 Å². The van der Waals surface area contributed by atoms with E-state index in [1.165, 1.54) is 5.56 Å². The number of ketones is 2. The number of hydrogen-bond acceptors (Lipinski definition) is 2. The quantitative estimate of drug-likeness (QED) is 0.622. The van der Waals surface area contributed by atoms with Crippen molar-refractivity contribution < 1.29 is 9.59 Å². The Kier molecular flexibility index (Phi) is 3.84. The Morgan fingerprint density at radius 3 is 1.95 bits per heavy atom. The number of carbonyl (C=O) groups is 2. The van der Waals surface area contributed by atoms with E-state index in [1.807, 2.05) is 39.8 Å². The monoisotopic (exact) mass is 266 g/mol. The summed E-state index contributed by atoms with van der Waals surface area (Å²) in [6, 6.07) is 10.5. The molecule has 0 aromatic heterocycles. The van der Waals surface area contributed by atoms with Crippen LogP contribution in [-0.2, 0) is 0 Å². The average molecular weight is 266 g/mol. The van der Waals surface area contributed by atoms with Crippen LogP contribution >= 0.6 is 0 Å². The molecule has 0 saturated carbocycles. The van der Waals surface area contributed by atoms with Gasteiger partial charge in [-0.15, -0.1) is 0 Å². The van der Waals surface area contributed by atoms with Gasteiger partial charge in [0, 0.05) is 11.1 Å². The third-order valence-electron chi connectivity index (χ3n) is 3.97. The minimum Gasteiger partial charge on any atom is -0.285 e. The fourth-order valence-electron chi connectivity index (χ4n) is 2.29. The summed E-state index contributed by atoms with van der Waals surface area (Å²) in [6.07, 6.45) is 0. The zero-order chi connectivity index (χ0) is 14.9. The highest BCUT2D eigenvalue weighted by Gasteiger charge is 2.21. The van der Waals surface area contributed by atoms with Crippen LogP contribution in [0.2, 0.25) is 0 Å². The lowest BCUT2D eigenvalue weighted by molar-refractivity contribution is 0.0816. The summed E-state index contributed by atoms with van der Waals surface area (Å²) < 4.78 is 0. The molecule has 0 aliphatic heterocycles. The zero-order valence-electron chi connectivity index (χ0n) is 12.3. The summed E-state index contributed by atoms with van der Waals surface area (Å²) in [6.45, 7) is 7.88. The predicted molar refractivity (Wildman–Crippen MR) is 80.5 cm³/mol. The van der Waals surface area contributed by atoms with E-state index in [0.717, 1.165) is 16.7 Å². The normalized spacial score (nSPS) is 10.4. The van der Waals surface area contributed by atoms with Gasteiger partial charge in [0.1, 0.15) is 0 Å². The van der Waals surface area contributed by atoms with Gasteiger partial charge in [-0.3, -0.25) is 9.59 Å². The molecule has 0 atom stereocenters. The third kappa shape index (κ3) is 2.42. The SMILES string of the molecule is Cc1cc(C(=O)C(=O)c2ccccc2)c(C)c(C)c1C. The second-order valence-electron chi connectivity index (χ2n) is 5.14. The third-order valence-corrected chi connectivity index (χ3v) is 3.97. The highest BCUT2D eigenvalue weighted by atomic mass is 16.2. The number of aryl methyl sites for hydroxylation is 1. The predicted octanol–water partition coefficient (Wildman–Crippen LogP) is 3.99. The summed E-state index contributed by atoms with van der Waals surface area (Å²) in [5.41, 5.74) is 5.13. The van der Waals surface area contributed by atoms with E-state index in [4.69, 9.17) is 0 Å². The van der Waals surface area contributed by atoms with E-state index in [9.17, 15) is 9.59 Å². The first-order valence-electron chi connectivity index (χ1n) is 6.65. The van der Waals surface area contributed by atoms with Crippen molar-refractivity contribution in [2.75, 3.05) is 0 Å². The van der Waals surface area contributed by atoms with Crippen LogP contribution in [0.4, 0.5) is 0 Å². The molecule has 2 nitrogen and oxygen atoms in total. The molecule has 0 bridgehead atoms. The number of rotatable bonds is 3. The Hall–Kier alpha value is -2.22. The Morgan fingerprint density at radius 2 is 1.35 bits per heavy atom. The minimum atomic E-state index is -0.448. The topological polar surface area (TPSA) is 34.1 Å². The van der Waals surface area contributed by atoms with Gasteiger partial charge < -0.3 is 0 Å². The Morgan fingerprint density at radius 1 is 0.750 bits per heavy atom. The van der Waals surface area contributed by atoms with Gasteiger partial charge in [0.25, 0.3) is 0 Å². The number of Topliss-reactive ketones (excluding diaryl/α,β-unsaturated/α-hetero) is 2. The summed E-state index contributed by atoms with van der Waals surface area (Å²) in [4.78, 5) is 24.7. The molecule has 2 aromatic carbocycles. The average Bonchev–Trinajstić information content (AvgIpc) is 2.48. The summed E-state index contributed by atoms with van der Waals surface area (Å²) >= 11 is 0. The maximum atomic E-state index is 12.4. The maximum absolute atomic E-state index is 12.4. The molecule has 0 heterocycles. The molecule has 2 heteroatoms. The second kappa shape index (κ2) is 5.41. The molecule has 0 N–H and O–H groups in total. The standard InChI is InChI=1S/C18H18O2/c1-11-10-16(14(4)13(3)12(11)2)18(20)17(19)15-8-6-5-7-9-15/h5-10H,1-4H3. The van der Waals surface area contributed by atoms with E-state index in [2.05, 4.69) is 0 Å². The van der Waals surface area contributed by atoms with Gasteiger partial charge in [-0.05, 0) is 56.0 Å². The van der Waals surface area contributed by atoms with Crippen LogP contribution < -0.4 is 0 Å². The van der Waals surface area contributed by atoms with Gasteiger partial charge in [-0.25, -0.2) is 0 Å². The van der Waals surface area contributed by atoms with E-state index in [-0.39, 0.29) is 0 Å². The summed E-state index contributed by atoms with van der Waals surface area (Å²) in [5.74, 6) is -0.878. The van der Waals surface area contributed by atoms with Crippen molar-refractivity contribution in [2.45, 2.75) is 27.7 Å². The van der Waals surface area contributed by atoms with Crippen LogP contribution in [0.5, 0.6) is 0 Å². The summed E-state index contributed by atoms with van der Waals surface area (Å²) in [5, 5.41) is 0. The van der Waals surface area contributed by atoms with E-state index in [1.54, 1.807) is 24.3 Å². The van der Waals surface area contributed by atoms with Crippen LogP contribution in [0, 0.1) is 27.7 Å². The van der Waals surface area contributed by atoms with Gasteiger partial charge in [-0.1, -0.05) is 30.3 Å². The molecule has 20 heavy (non-hydrogen) atoms. The highest BCUT2D eigenvalue weighted by molar-refractivity contribution is 6.49. The van der Waals surface area contributed by atoms with Crippen LogP contribution in [0.25, 0.3) is 0 Å². The van der Waals surface area contributed by atoms with Crippen molar-refractivity contribution in [1.29, 1.82) is 0 Å². The molecule has 0 fully saturated rings. The van der Waals surface area contributed by atoms with Crippen molar-refractivity contribution in [3.63, 3.8) is 0 Å². The van der Waals surface area contributed by atoms with Gasteiger partial charge in [0.05, 0.1) is 0 Å². The lowest BCUT2D eigenvalue weighted by atomic mass is 9.90. The molecular weight excluding hydrogens is 248 g/mol. The minimum absolute atomic E-state index is 0.431. The first-order chi connectivity index (χ1) is 9.43. The van der Waals surface area contributed by atoms with Crippen LogP contribution in [0.3, 0.4) is 0 Å². The lowest BCUT2D eigenvalue weighted by Gasteiger charge is -2.13. The van der Waals surface area contributed by atoms with Crippen LogP contribution in [-0.4, -0.2) is 11.6 Å². The molecule has 0 radical (unpaired) electrons. The molecule has 0 aliphatic carbocycles. The van der Waals surface area contributed by atoms with Gasteiger partial charge >= 0.3 is 0 Å². The number of carbonyl (C=O) groups excluding carboxylic acids is 2. The van der Waals surface area contributed by atoms with Crippen LogP contribution in [0.15, 0.2) is 36.4 Å². The van der Waals surface area contributed by atoms with E-state index < -0.39 is 11.6 Å². The van der Waals surface area contributed by atoms with Crippen molar-refractivity contribution in [2.24, 2.45) is 0 Å². The zero-order valence-corrected chi connectivity index (χ0v) is 12.3. The van der Waals surface area contributed by atoms with Crippen molar-refractivity contribution in [3.8, 4) is 0 Å². The van der Waals surface area contributed by atoms with Crippen molar-refractivity contribution in [3.05, 3.63) is 69.8 Å². The molecule has 0 spiro atoms. The molecular formula is C18H18O2. The molecule has 0 unspecified atom stereocenters. The Bertz CT molecular complexity index is 682. The van der Waals surface area contributed by atoms with Crippen LogP contribution in [0.1, 0.15) is 43.0 Å².